The van der Waals surface area contributed by atoms with E-state index in [9.17, 15) is 14.4 Å². The molecule has 2 aliphatic carbocycles. The highest BCUT2D eigenvalue weighted by molar-refractivity contribution is 5.95. The highest BCUT2D eigenvalue weighted by Gasteiger charge is 2.62. The molecule has 2 amide bonds. The molecule has 0 spiro atoms. The predicted octanol–water partition coefficient (Wildman–Crippen LogP) is 6.07. The van der Waals surface area contributed by atoms with Gasteiger partial charge in [0.2, 0.25) is 17.7 Å². The quantitative estimate of drug-likeness (QED) is 0.119. The van der Waals surface area contributed by atoms with Crippen molar-refractivity contribution in [2.45, 2.75) is 64.0 Å². The molecule has 0 radical (unpaired) electrons. The summed E-state index contributed by atoms with van der Waals surface area (Å²) >= 11 is 0. The van der Waals surface area contributed by atoms with Gasteiger partial charge in [0.1, 0.15) is 17.4 Å². The zero-order valence-electron chi connectivity index (χ0n) is 28.4. The lowest BCUT2D eigenvalue weighted by atomic mass is 9.93. The topological polar surface area (TPSA) is 120 Å². The smallest absolute Gasteiger partial charge is 0.332 e. The van der Waals surface area contributed by atoms with Crippen molar-refractivity contribution in [3.8, 4) is 23.0 Å². The average Bonchev–Trinajstić information content (AvgIpc) is 3.66. The first-order valence-corrected chi connectivity index (χ1v) is 16.7. The maximum atomic E-state index is 14.0. The lowest BCUT2D eigenvalue weighted by Crippen LogP contribution is -2.50. The number of methoxy groups -OCH3 is 1. The average molecular weight is 657 g/mol. The summed E-state index contributed by atoms with van der Waals surface area (Å²) in [5, 5.41) is 3.69. The minimum Gasteiger partial charge on any atom is -0.496 e. The summed E-state index contributed by atoms with van der Waals surface area (Å²) in [6, 6.07) is 13.4. The molecule has 256 valence electrons. The van der Waals surface area contributed by atoms with Gasteiger partial charge < -0.3 is 24.4 Å². The van der Waals surface area contributed by atoms with Gasteiger partial charge in [-0.3, -0.25) is 9.59 Å². The number of aromatic nitrogens is 2. The minimum atomic E-state index is -1.16. The summed E-state index contributed by atoms with van der Waals surface area (Å²) in [6.45, 7) is 12.0. The van der Waals surface area contributed by atoms with Crippen LogP contribution in [0.25, 0.3) is 22.3 Å². The molecule has 5 atom stereocenters. The van der Waals surface area contributed by atoms with E-state index in [0.717, 1.165) is 30.4 Å². The number of fused-ring (bicyclic) bond motifs is 1. The molecule has 10 nitrogen and oxygen atoms in total. The van der Waals surface area contributed by atoms with Gasteiger partial charge in [-0.05, 0) is 64.5 Å². The Kier molecular flexibility index (Phi) is 10.8. The number of carbonyl (C=O) groups is 3. The van der Waals surface area contributed by atoms with Crippen molar-refractivity contribution in [2.24, 2.45) is 17.8 Å². The van der Waals surface area contributed by atoms with E-state index in [0.29, 0.717) is 47.7 Å². The fourth-order valence-corrected chi connectivity index (χ4v) is 6.73. The van der Waals surface area contributed by atoms with E-state index in [-0.39, 0.29) is 32.2 Å². The van der Waals surface area contributed by atoms with Crippen molar-refractivity contribution >= 4 is 28.7 Å². The molecule has 0 aliphatic heterocycles. The van der Waals surface area contributed by atoms with Crippen LogP contribution >= 0.6 is 0 Å². The molecule has 2 fully saturated rings. The summed E-state index contributed by atoms with van der Waals surface area (Å²) < 4.78 is 17.5. The fourth-order valence-electron chi connectivity index (χ4n) is 6.73. The van der Waals surface area contributed by atoms with Crippen LogP contribution in [0.3, 0.4) is 0 Å². The van der Waals surface area contributed by atoms with Gasteiger partial charge >= 0.3 is 5.97 Å². The number of hydrogen-bond donors (Lipinski definition) is 1. The Bertz CT molecular complexity index is 1680. The van der Waals surface area contributed by atoms with E-state index < -0.39 is 29.4 Å². The van der Waals surface area contributed by atoms with E-state index in [4.69, 9.17) is 24.2 Å². The normalized spacial score (nSPS) is 22.8. The number of nitrogens with one attached hydrogen (secondary N) is 1. The van der Waals surface area contributed by atoms with Crippen LogP contribution in [0.2, 0.25) is 0 Å². The van der Waals surface area contributed by atoms with E-state index in [1.165, 1.54) is 0 Å². The Hall–Kier alpha value is -4.73. The Morgan fingerprint density at radius 3 is 2.50 bits per heavy atom. The number of rotatable bonds is 15. The molecule has 3 aromatic rings. The van der Waals surface area contributed by atoms with Gasteiger partial charge in [-0.15, -0.1) is 13.2 Å². The van der Waals surface area contributed by atoms with Crippen LogP contribution in [-0.2, 0) is 19.1 Å². The molecule has 2 saturated carbocycles. The second-order valence-corrected chi connectivity index (χ2v) is 12.7. The van der Waals surface area contributed by atoms with Gasteiger partial charge in [0, 0.05) is 32.1 Å². The Morgan fingerprint density at radius 2 is 1.83 bits per heavy atom. The SMILES string of the molecule is C=CCCCCN(C)C(=O)[C@@H]1C[C@H](Oc2nc(-c3ccccc3)nc3c(C)c(OC)ccc23)C[C@H]1C(=O)NC1(C(=O)OCC)C[C@H]1C=C.[HH]. The molecule has 1 heterocycles. The maximum Gasteiger partial charge on any atom is 0.332 e. The Labute approximate surface area is 284 Å². The molecule has 5 rings (SSSR count). The van der Waals surface area contributed by atoms with E-state index >= 15 is 0 Å². The third kappa shape index (κ3) is 7.07. The zero-order chi connectivity index (χ0) is 34.4. The third-order valence-corrected chi connectivity index (χ3v) is 9.55. The first-order valence-electron chi connectivity index (χ1n) is 16.7. The highest BCUT2D eigenvalue weighted by atomic mass is 16.5. The van der Waals surface area contributed by atoms with Crippen molar-refractivity contribution in [1.82, 2.24) is 20.2 Å². The van der Waals surface area contributed by atoms with Crippen molar-refractivity contribution in [3.05, 3.63) is 73.3 Å². The van der Waals surface area contributed by atoms with Gasteiger partial charge in [-0.25, -0.2) is 9.78 Å². The zero-order valence-corrected chi connectivity index (χ0v) is 28.4. The fraction of sp³-hybridized carbons (Fsp3) is 0.447. The van der Waals surface area contributed by atoms with Crippen molar-refractivity contribution < 1.29 is 30.0 Å². The van der Waals surface area contributed by atoms with Gasteiger partial charge in [0.15, 0.2) is 5.82 Å². The largest absolute Gasteiger partial charge is 0.496 e. The number of aryl methyl sites for hydroxylation is 1. The second kappa shape index (κ2) is 15.0. The second-order valence-electron chi connectivity index (χ2n) is 12.7. The van der Waals surface area contributed by atoms with Crippen LogP contribution in [0.5, 0.6) is 11.6 Å². The summed E-state index contributed by atoms with van der Waals surface area (Å²) in [5.41, 5.74) is 1.20. The van der Waals surface area contributed by atoms with Crippen LogP contribution < -0.4 is 14.8 Å². The third-order valence-electron chi connectivity index (χ3n) is 9.55. The summed E-state index contributed by atoms with van der Waals surface area (Å²) in [4.78, 5) is 52.4. The van der Waals surface area contributed by atoms with Crippen LogP contribution in [0.15, 0.2) is 67.8 Å². The Morgan fingerprint density at radius 1 is 1.08 bits per heavy atom. The molecular formula is C38H48N4O6. The number of hydrogen-bond acceptors (Lipinski definition) is 8. The van der Waals surface area contributed by atoms with Gasteiger partial charge in [0.05, 0.1) is 36.5 Å². The summed E-state index contributed by atoms with van der Waals surface area (Å²) in [7, 11) is 3.39. The monoisotopic (exact) mass is 656 g/mol. The van der Waals surface area contributed by atoms with Gasteiger partial charge in [-0.1, -0.05) is 42.5 Å². The number of allylic oxidation sites excluding steroid dienone is 1. The van der Waals surface area contributed by atoms with E-state index in [2.05, 4.69) is 18.5 Å². The number of amides is 2. The number of unbranched alkanes of at least 4 members (excludes halogenated alkanes) is 2. The molecule has 0 bridgehead atoms. The molecule has 48 heavy (non-hydrogen) atoms. The molecule has 1 unspecified atom stereocenters. The molecule has 2 aromatic carbocycles. The number of benzene rings is 2. The first-order chi connectivity index (χ1) is 23.2. The summed E-state index contributed by atoms with van der Waals surface area (Å²) in [6.07, 6.45) is 6.64. The number of esters is 1. The van der Waals surface area contributed by atoms with Gasteiger partial charge in [0.25, 0.3) is 0 Å². The Balaban J connectivity index is 0.00000541. The lowest BCUT2D eigenvalue weighted by molar-refractivity contribution is -0.150. The van der Waals surface area contributed by atoms with Crippen LogP contribution in [0, 0.1) is 24.7 Å². The molecule has 1 aromatic heterocycles. The van der Waals surface area contributed by atoms with Crippen molar-refractivity contribution in [1.29, 1.82) is 0 Å². The maximum absolute atomic E-state index is 14.0. The highest BCUT2D eigenvalue weighted by Crippen LogP contribution is 2.47. The van der Waals surface area contributed by atoms with Crippen LogP contribution in [0.1, 0.15) is 52.4 Å². The van der Waals surface area contributed by atoms with Crippen molar-refractivity contribution in [3.63, 3.8) is 0 Å². The molecule has 2 aliphatic rings. The summed E-state index contributed by atoms with van der Waals surface area (Å²) in [5.74, 6) is -1.02. The van der Waals surface area contributed by atoms with Crippen molar-refractivity contribution in [2.75, 3.05) is 27.3 Å². The molecule has 1 N–H and O–H groups in total. The first kappa shape index (κ1) is 34.6. The molecule has 10 heteroatoms. The predicted molar refractivity (Wildman–Crippen MR) is 187 cm³/mol. The minimum absolute atomic E-state index is 0. The van der Waals surface area contributed by atoms with Gasteiger partial charge in [-0.2, -0.15) is 4.98 Å². The van der Waals surface area contributed by atoms with Crippen LogP contribution in [-0.4, -0.2) is 71.6 Å². The molecule has 0 saturated heterocycles. The van der Waals surface area contributed by atoms with E-state index in [1.54, 1.807) is 32.1 Å². The standard InChI is InChI=1S/C38H46N4O6.H2/c1-7-10-11-15-20-42(5)36(44)30-22-27(21-29(30)34(43)41-38(23-26(38)8-2)37(45)47-9-3)48-35-28-18-19-31(46-6)24(4)32(28)39-33(40-35)25-16-13-12-14-17-25;/h7-8,12-14,16-19,26-27,29-30H,1-2,9-11,15,20-23H2,3-6H3,(H,41,43);1H/t26-,27-,29-,30-,38?;/m1./s1. The number of nitrogens with zero attached hydrogens (tertiary/aromatic N) is 3. The lowest BCUT2D eigenvalue weighted by Gasteiger charge is -2.26. The number of carbonyl (C=O) groups excluding carboxylic acids is 3. The number of ether oxygens (including phenoxy) is 3. The van der Waals surface area contributed by atoms with E-state index in [1.807, 2.05) is 55.5 Å². The van der Waals surface area contributed by atoms with Crippen LogP contribution in [0.4, 0.5) is 0 Å². The molecular weight excluding hydrogens is 608 g/mol.